The van der Waals surface area contributed by atoms with Crippen LogP contribution in [0.3, 0.4) is 0 Å². The molecule has 0 atom stereocenters. The normalized spacial score (nSPS) is 14.1. The molecule has 0 saturated carbocycles. The Kier molecular flexibility index (Phi) is 6.41. The van der Waals surface area contributed by atoms with Crippen LogP contribution in [-0.2, 0) is 11.3 Å². The molecule has 1 amide bonds. The smallest absolute Gasteiger partial charge is 0.257 e. The Morgan fingerprint density at radius 3 is 2.90 bits per heavy atom. The molecule has 3 aromatic rings. The van der Waals surface area contributed by atoms with Gasteiger partial charge in [-0.15, -0.1) is 0 Å². The van der Waals surface area contributed by atoms with Gasteiger partial charge in [-0.1, -0.05) is 18.3 Å². The zero-order chi connectivity index (χ0) is 20.9. The van der Waals surface area contributed by atoms with Crippen LogP contribution in [0.15, 0.2) is 30.5 Å². The molecule has 0 bridgehead atoms. The highest BCUT2D eigenvalue weighted by Gasteiger charge is 2.20. The summed E-state index contributed by atoms with van der Waals surface area (Å²) in [5.74, 6) is 0.483. The first-order valence-corrected chi connectivity index (χ1v) is 10.8. The summed E-state index contributed by atoms with van der Waals surface area (Å²) in [4.78, 5) is 24.0. The maximum absolute atomic E-state index is 12.8. The third-order valence-corrected chi connectivity index (χ3v) is 5.91. The predicted molar refractivity (Wildman–Crippen MR) is 119 cm³/mol. The van der Waals surface area contributed by atoms with Crippen LogP contribution in [0.2, 0.25) is 0 Å². The number of nitrogens with one attached hydrogen (secondary N) is 2. The van der Waals surface area contributed by atoms with Crippen LogP contribution in [0, 0.1) is 0 Å². The zero-order valence-corrected chi connectivity index (χ0v) is 17.9. The van der Waals surface area contributed by atoms with Gasteiger partial charge in [0.05, 0.1) is 36.4 Å². The van der Waals surface area contributed by atoms with Gasteiger partial charge in [-0.25, -0.2) is 4.98 Å². The minimum atomic E-state index is -0.207. The zero-order valence-electron chi connectivity index (χ0n) is 17.1. The lowest BCUT2D eigenvalue weighted by molar-refractivity contribution is 0.102. The number of hydrogen-bond acceptors (Lipinski definition) is 8. The second-order valence-electron chi connectivity index (χ2n) is 6.85. The third-order valence-electron chi connectivity index (χ3n) is 4.91. The molecule has 2 N–H and O–H groups in total. The van der Waals surface area contributed by atoms with Gasteiger partial charge in [0, 0.05) is 31.4 Å². The second kappa shape index (κ2) is 9.38. The van der Waals surface area contributed by atoms with E-state index in [9.17, 15) is 4.79 Å². The molecule has 1 fully saturated rings. The summed E-state index contributed by atoms with van der Waals surface area (Å²) < 4.78 is 12.0. The SMILES string of the molecule is CCNCc1cc(C(=O)Nc2nc3c(OC)ccc(N4CCOCC4)c3s2)ccn1. The van der Waals surface area contributed by atoms with E-state index in [0.29, 0.717) is 36.2 Å². The Morgan fingerprint density at radius 2 is 2.13 bits per heavy atom. The number of hydrogen-bond donors (Lipinski definition) is 2. The third kappa shape index (κ3) is 4.38. The molecule has 1 aliphatic heterocycles. The molecule has 1 aliphatic rings. The van der Waals surface area contributed by atoms with E-state index < -0.39 is 0 Å². The number of rotatable bonds is 7. The number of aromatic nitrogens is 2. The molecular formula is C21H25N5O3S. The average Bonchev–Trinajstić information content (AvgIpc) is 3.21. The van der Waals surface area contributed by atoms with Gasteiger partial charge >= 0.3 is 0 Å². The van der Waals surface area contributed by atoms with Crippen LogP contribution in [0.4, 0.5) is 10.8 Å². The fourth-order valence-corrected chi connectivity index (χ4v) is 4.40. The Hall–Kier alpha value is -2.75. The Bertz CT molecular complexity index is 1030. The van der Waals surface area contributed by atoms with Crippen molar-refractivity contribution in [1.29, 1.82) is 0 Å². The summed E-state index contributed by atoms with van der Waals surface area (Å²) in [6, 6.07) is 7.48. The highest BCUT2D eigenvalue weighted by molar-refractivity contribution is 7.23. The maximum atomic E-state index is 12.8. The van der Waals surface area contributed by atoms with E-state index in [2.05, 4.69) is 25.5 Å². The number of thiazole rings is 1. The number of benzene rings is 1. The number of anilines is 2. The summed E-state index contributed by atoms with van der Waals surface area (Å²) in [6.07, 6.45) is 1.65. The molecule has 0 spiro atoms. The van der Waals surface area contributed by atoms with E-state index in [1.165, 1.54) is 11.3 Å². The van der Waals surface area contributed by atoms with Crippen molar-refractivity contribution in [1.82, 2.24) is 15.3 Å². The summed E-state index contributed by atoms with van der Waals surface area (Å²) in [5.41, 5.74) is 3.22. The van der Waals surface area contributed by atoms with Gasteiger partial charge in [0.1, 0.15) is 11.3 Å². The van der Waals surface area contributed by atoms with Crippen molar-refractivity contribution in [2.75, 3.05) is 50.2 Å². The van der Waals surface area contributed by atoms with Crippen LogP contribution >= 0.6 is 11.3 Å². The molecule has 158 valence electrons. The number of morpholine rings is 1. The molecule has 0 aliphatic carbocycles. The van der Waals surface area contributed by atoms with Gasteiger partial charge in [0.25, 0.3) is 5.91 Å². The maximum Gasteiger partial charge on any atom is 0.257 e. The van der Waals surface area contributed by atoms with Crippen molar-refractivity contribution < 1.29 is 14.3 Å². The quantitative estimate of drug-likeness (QED) is 0.599. The van der Waals surface area contributed by atoms with Crippen molar-refractivity contribution >= 4 is 38.3 Å². The van der Waals surface area contributed by atoms with Crippen LogP contribution in [0.1, 0.15) is 23.0 Å². The van der Waals surface area contributed by atoms with Crippen molar-refractivity contribution in [3.8, 4) is 5.75 Å². The van der Waals surface area contributed by atoms with E-state index in [0.717, 1.165) is 41.2 Å². The summed E-state index contributed by atoms with van der Waals surface area (Å²) in [6.45, 7) is 6.55. The second-order valence-corrected chi connectivity index (χ2v) is 7.85. The number of carbonyl (C=O) groups excluding carboxylic acids is 1. The molecular weight excluding hydrogens is 402 g/mol. The molecule has 3 heterocycles. The molecule has 2 aromatic heterocycles. The average molecular weight is 428 g/mol. The standard InChI is InChI=1S/C21H25N5O3S/c1-3-22-13-15-12-14(6-7-23-15)20(27)25-21-24-18-17(28-2)5-4-16(19(18)30-21)26-8-10-29-11-9-26/h4-7,12,22H,3,8-11,13H2,1-2H3,(H,24,25,27). The molecule has 9 heteroatoms. The summed E-state index contributed by atoms with van der Waals surface area (Å²) in [5, 5.41) is 6.69. The number of amides is 1. The van der Waals surface area contributed by atoms with E-state index in [4.69, 9.17) is 9.47 Å². The number of carbonyl (C=O) groups is 1. The fourth-order valence-electron chi connectivity index (χ4n) is 3.38. The highest BCUT2D eigenvalue weighted by Crippen LogP contribution is 2.39. The molecule has 8 nitrogen and oxygen atoms in total. The van der Waals surface area contributed by atoms with Crippen LogP contribution in [0.25, 0.3) is 10.2 Å². The van der Waals surface area contributed by atoms with E-state index in [1.807, 2.05) is 19.1 Å². The first kappa shape index (κ1) is 20.5. The monoisotopic (exact) mass is 427 g/mol. The van der Waals surface area contributed by atoms with Crippen LogP contribution < -0.4 is 20.3 Å². The van der Waals surface area contributed by atoms with Gasteiger partial charge in [-0.3, -0.25) is 15.1 Å². The van der Waals surface area contributed by atoms with Crippen LogP contribution in [0.5, 0.6) is 5.75 Å². The molecule has 1 saturated heterocycles. The Morgan fingerprint density at radius 1 is 1.30 bits per heavy atom. The predicted octanol–water partition coefficient (Wildman–Crippen LogP) is 2.90. The number of methoxy groups -OCH3 is 1. The molecule has 1 aromatic carbocycles. The first-order chi connectivity index (χ1) is 14.7. The number of nitrogens with zero attached hydrogens (tertiary/aromatic N) is 3. The molecule has 0 unspecified atom stereocenters. The highest BCUT2D eigenvalue weighted by atomic mass is 32.1. The van der Waals surface area contributed by atoms with Crippen LogP contribution in [-0.4, -0.2) is 55.8 Å². The van der Waals surface area contributed by atoms with E-state index >= 15 is 0 Å². The number of fused-ring (bicyclic) bond motifs is 1. The fraction of sp³-hybridized carbons (Fsp3) is 0.381. The van der Waals surface area contributed by atoms with E-state index in [1.54, 1.807) is 25.4 Å². The lowest BCUT2D eigenvalue weighted by Crippen LogP contribution is -2.36. The number of pyridine rings is 1. The topological polar surface area (TPSA) is 88.6 Å². The van der Waals surface area contributed by atoms with Gasteiger partial charge in [-0.05, 0) is 30.8 Å². The molecule has 0 radical (unpaired) electrons. The minimum absolute atomic E-state index is 0.207. The lowest BCUT2D eigenvalue weighted by atomic mass is 10.2. The summed E-state index contributed by atoms with van der Waals surface area (Å²) in [7, 11) is 1.63. The minimum Gasteiger partial charge on any atom is -0.494 e. The lowest BCUT2D eigenvalue weighted by Gasteiger charge is -2.29. The number of ether oxygens (including phenoxy) is 2. The summed E-state index contributed by atoms with van der Waals surface area (Å²) >= 11 is 1.45. The van der Waals surface area contributed by atoms with E-state index in [-0.39, 0.29) is 5.91 Å². The van der Waals surface area contributed by atoms with Crippen molar-refractivity contribution in [3.05, 3.63) is 41.7 Å². The molecule has 30 heavy (non-hydrogen) atoms. The van der Waals surface area contributed by atoms with Crippen molar-refractivity contribution in [3.63, 3.8) is 0 Å². The van der Waals surface area contributed by atoms with Crippen molar-refractivity contribution in [2.45, 2.75) is 13.5 Å². The van der Waals surface area contributed by atoms with Gasteiger partial charge in [0.2, 0.25) is 0 Å². The van der Waals surface area contributed by atoms with Crippen molar-refractivity contribution in [2.24, 2.45) is 0 Å². The van der Waals surface area contributed by atoms with Gasteiger partial charge < -0.3 is 19.7 Å². The molecule has 4 rings (SSSR count). The van der Waals surface area contributed by atoms with Gasteiger partial charge in [0.15, 0.2) is 5.13 Å². The van der Waals surface area contributed by atoms with Gasteiger partial charge in [-0.2, -0.15) is 0 Å². The first-order valence-electron chi connectivity index (χ1n) is 9.96. The largest absolute Gasteiger partial charge is 0.494 e. The Balaban J connectivity index is 1.60. The Labute approximate surface area is 179 Å².